The standard InChI is InChI=1S/C20H14Cl2N2O5/c1-28-19-7-3-13(11-16(19)22)23-20(25)9-5-14-4-8-18(29-14)15-6-2-12(21)10-17(15)24(26)27/h2-11H,1H3,(H,23,25)/b9-5+. The fourth-order valence-electron chi connectivity index (χ4n) is 2.54. The quantitative estimate of drug-likeness (QED) is 0.300. The van der Waals surface area contributed by atoms with E-state index in [0.29, 0.717) is 22.2 Å². The number of hydrogen-bond donors (Lipinski definition) is 1. The SMILES string of the molecule is COc1ccc(NC(=O)/C=C/c2ccc(-c3ccc(Cl)cc3[N+](=O)[O-])o2)cc1Cl. The van der Waals surface area contributed by atoms with Gasteiger partial charge in [-0.25, -0.2) is 0 Å². The molecule has 0 aliphatic heterocycles. The van der Waals surface area contributed by atoms with E-state index in [0.717, 1.165) is 0 Å². The number of carbonyl (C=O) groups excluding carboxylic acids is 1. The van der Waals surface area contributed by atoms with Gasteiger partial charge in [-0.2, -0.15) is 0 Å². The van der Waals surface area contributed by atoms with E-state index in [1.165, 1.54) is 37.5 Å². The molecule has 0 aliphatic rings. The van der Waals surface area contributed by atoms with Crippen molar-refractivity contribution in [2.45, 2.75) is 0 Å². The van der Waals surface area contributed by atoms with Gasteiger partial charge in [0.2, 0.25) is 5.91 Å². The third-order valence-corrected chi connectivity index (χ3v) is 4.40. The van der Waals surface area contributed by atoms with Gasteiger partial charge in [0.15, 0.2) is 0 Å². The summed E-state index contributed by atoms with van der Waals surface area (Å²) in [5.41, 5.74) is 0.621. The van der Waals surface area contributed by atoms with Crippen LogP contribution in [-0.2, 0) is 4.79 Å². The summed E-state index contributed by atoms with van der Waals surface area (Å²) in [6, 6.07) is 12.3. The molecular weight excluding hydrogens is 419 g/mol. The number of methoxy groups -OCH3 is 1. The Morgan fingerprint density at radius 2 is 1.97 bits per heavy atom. The number of carbonyl (C=O) groups is 1. The number of hydrogen-bond acceptors (Lipinski definition) is 5. The monoisotopic (exact) mass is 432 g/mol. The zero-order valence-corrected chi connectivity index (χ0v) is 16.5. The van der Waals surface area contributed by atoms with Gasteiger partial charge in [0.25, 0.3) is 5.69 Å². The lowest BCUT2D eigenvalue weighted by Crippen LogP contribution is -2.07. The van der Waals surface area contributed by atoms with Crippen molar-refractivity contribution in [2.24, 2.45) is 0 Å². The maximum atomic E-state index is 12.1. The molecule has 0 bridgehead atoms. The van der Waals surface area contributed by atoms with E-state index >= 15 is 0 Å². The van der Waals surface area contributed by atoms with E-state index in [1.807, 2.05) is 0 Å². The molecule has 3 rings (SSSR count). The highest BCUT2D eigenvalue weighted by atomic mass is 35.5. The van der Waals surface area contributed by atoms with Gasteiger partial charge < -0.3 is 14.5 Å². The fourth-order valence-corrected chi connectivity index (χ4v) is 2.96. The molecule has 1 heterocycles. The molecule has 0 saturated carbocycles. The van der Waals surface area contributed by atoms with Gasteiger partial charge in [-0.15, -0.1) is 0 Å². The summed E-state index contributed by atoms with van der Waals surface area (Å²) in [4.78, 5) is 22.8. The molecule has 1 amide bonds. The largest absolute Gasteiger partial charge is 0.495 e. The third kappa shape index (κ3) is 4.96. The van der Waals surface area contributed by atoms with Gasteiger partial charge in [0.1, 0.15) is 17.3 Å². The van der Waals surface area contributed by atoms with Gasteiger partial charge >= 0.3 is 0 Å². The lowest BCUT2D eigenvalue weighted by Gasteiger charge is -2.06. The van der Waals surface area contributed by atoms with Gasteiger partial charge in [-0.3, -0.25) is 14.9 Å². The van der Waals surface area contributed by atoms with E-state index in [-0.39, 0.29) is 22.0 Å². The predicted octanol–water partition coefficient (Wildman–Crippen LogP) is 5.82. The average molecular weight is 433 g/mol. The maximum absolute atomic E-state index is 12.1. The van der Waals surface area contributed by atoms with Crippen molar-refractivity contribution in [1.82, 2.24) is 0 Å². The Morgan fingerprint density at radius 3 is 2.66 bits per heavy atom. The van der Waals surface area contributed by atoms with Crippen LogP contribution in [0.5, 0.6) is 5.75 Å². The highest BCUT2D eigenvalue weighted by Gasteiger charge is 2.18. The Balaban J connectivity index is 1.73. The number of nitro benzene ring substituents is 1. The molecule has 0 aliphatic carbocycles. The molecule has 1 N–H and O–H groups in total. The lowest BCUT2D eigenvalue weighted by atomic mass is 10.1. The number of furan rings is 1. The average Bonchev–Trinajstić information content (AvgIpc) is 3.15. The summed E-state index contributed by atoms with van der Waals surface area (Å²) >= 11 is 11.9. The number of anilines is 1. The van der Waals surface area contributed by atoms with Crippen LogP contribution in [0.15, 0.2) is 59.0 Å². The van der Waals surface area contributed by atoms with Crippen molar-refractivity contribution in [3.05, 3.63) is 80.5 Å². The van der Waals surface area contributed by atoms with Gasteiger partial charge in [-0.05, 0) is 48.5 Å². The van der Waals surface area contributed by atoms with Crippen LogP contribution in [0.3, 0.4) is 0 Å². The van der Waals surface area contributed by atoms with E-state index in [2.05, 4.69) is 5.32 Å². The first-order valence-corrected chi connectivity index (χ1v) is 8.99. The minimum Gasteiger partial charge on any atom is -0.495 e. The number of halogens is 2. The summed E-state index contributed by atoms with van der Waals surface area (Å²) in [5.74, 6) is 0.740. The van der Waals surface area contributed by atoms with Crippen LogP contribution in [0.25, 0.3) is 17.4 Å². The lowest BCUT2D eigenvalue weighted by molar-refractivity contribution is -0.384. The summed E-state index contributed by atoms with van der Waals surface area (Å²) in [6.07, 6.45) is 2.72. The number of rotatable bonds is 6. The van der Waals surface area contributed by atoms with E-state index in [1.54, 1.807) is 30.3 Å². The first kappa shape index (κ1) is 20.4. The van der Waals surface area contributed by atoms with Crippen LogP contribution in [0.4, 0.5) is 11.4 Å². The van der Waals surface area contributed by atoms with Crippen molar-refractivity contribution in [3.63, 3.8) is 0 Å². The Labute approximate surface area is 175 Å². The molecule has 0 radical (unpaired) electrons. The minimum atomic E-state index is -0.535. The zero-order valence-electron chi connectivity index (χ0n) is 15.0. The number of nitrogens with zero attached hydrogens (tertiary/aromatic N) is 1. The molecule has 2 aromatic carbocycles. The summed E-state index contributed by atoms with van der Waals surface area (Å²) in [5, 5.41) is 14.5. The molecule has 3 aromatic rings. The molecule has 148 valence electrons. The second-order valence-corrected chi connectivity index (χ2v) is 6.64. The van der Waals surface area contributed by atoms with Gasteiger partial charge in [-0.1, -0.05) is 23.2 Å². The summed E-state index contributed by atoms with van der Waals surface area (Å²) in [6.45, 7) is 0. The Bertz CT molecular complexity index is 1110. The molecule has 0 atom stereocenters. The Hall–Kier alpha value is -3.29. The van der Waals surface area contributed by atoms with Crippen molar-refractivity contribution < 1.29 is 18.9 Å². The smallest absolute Gasteiger partial charge is 0.281 e. The van der Waals surface area contributed by atoms with Crippen molar-refractivity contribution in [3.8, 4) is 17.1 Å². The normalized spacial score (nSPS) is 10.9. The van der Waals surface area contributed by atoms with E-state index < -0.39 is 10.8 Å². The molecule has 7 nitrogen and oxygen atoms in total. The molecule has 0 unspecified atom stereocenters. The molecule has 9 heteroatoms. The number of nitrogens with one attached hydrogen (secondary N) is 1. The van der Waals surface area contributed by atoms with Crippen molar-refractivity contribution in [2.75, 3.05) is 12.4 Å². The van der Waals surface area contributed by atoms with Crippen LogP contribution in [0.2, 0.25) is 10.0 Å². The van der Waals surface area contributed by atoms with Crippen LogP contribution < -0.4 is 10.1 Å². The maximum Gasteiger partial charge on any atom is 0.281 e. The Morgan fingerprint density at radius 1 is 1.17 bits per heavy atom. The Kier molecular flexibility index (Phi) is 6.21. The zero-order chi connectivity index (χ0) is 21.0. The van der Waals surface area contributed by atoms with Crippen LogP contribution in [0.1, 0.15) is 5.76 Å². The number of amides is 1. The number of ether oxygens (including phenoxy) is 1. The van der Waals surface area contributed by atoms with Gasteiger partial charge in [0.05, 0.1) is 22.6 Å². The van der Waals surface area contributed by atoms with Crippen LogP contribution in [0, 0.1) is 10.1 Å². The van der Waals surface area contributed by atoms with Crippen LogP contribution in [-0.4, -0.2) is 17.9 Å². The third-order valence-electron chi connectivity index (χ3n) is 3.87. The van der Waals surface area contributed by atoms with E-state index in [9.17, 15) is 14.9 Å². The summed E-state index contributed by atoms with van der Waals surface area (Å²) < 4.78 is 10.7. The number of benzene rings is 2. The molecule has 29 heavy (non-hydrogen) atoms. The van der Waals surface area contributed by atoms with Gasteiger partial charge in [0, 0.05) is 22.9 Å². The highest BCUT2D eigenvalue weighted by molar-refractivity contribution is 6.32. The second kappa shape index (κ2) is 8.81. The molecular formula is C20H14Cl2N2O5. The molecule has 0 fully saturated rings. The van der Waals surface area contributed by atoms with Crippen molar-refractivity contribution in [1.29, 1.82) is 0 Å². The van der Waals surface area contributed by atoms with Crippen LogP contribution >= 0.6 is 23.2 Å². The van der Waals surface area contributed by atoms with Crippen molar-refractivity contribution >= 4 is 46.6 Å². The van der Waals surface area contributed by atoms with E-state index in [4.69, 9.17) is 32.4 Å². The first-order chi connectivity index (χ1) is 13.9. The fraction of sp³-hybridized carbons (Fsp3) is 0.0500. The highest BCUT2D eigenvalue weighted by Crippen LogP contribution is 2.33. The molecule has 0 spiro atoms. The molecule has 1 aromatic heterocycles. The second-order valence-electron chi connectivity index (χ2n) is 5.79. The minimum absolute atomic E-state index is 0.170. The first-order valence-electron chi connectivity index (χ1n) is 8.24. The molecule has 0 saturated heterocycles. The predicted molar refractivity (Wildman–Crippen MR) is 111 cm³/mol. The summed E-state index contributed by atoms with van der Waals surface area (Å²) in [7, 11) is 1.50. The topological polar surface area (TPSA) is 94.6 Å². The number of nitro groups is 1.